The molecule has 0 unspecified atom stereocenters. The average Bonchev–Trinajstić information content (AvgIpc) is 3.30. The van der Waals surface area contributed by atoms with Gasteiger partial charge in [0.25, 0.3) is 0 Å². The number of nitrogens with zero attached hydrogens (tertiary/aromatic N) is 2. The van der Waals surface area contributed by atoms with Crippen molar-refractivity contribution in [3.63, 3.8) is 0 Å². The fraction of sp³-hybridized carbons (Fsp3) is 0.350. The monoisotopic (exact) mass is 369 g/mol. The second-order valence-electron chi connectivity index (χ2n) is 6.56. The van der Waals surface area contributed by atoms with E-state index in [1.54, 1.807) is 31.1 Å². The van der Waals surface area contributed by atoms with Crippen molar-refractivity contribution in [1.29, 1.82) is 0 Å². The van der Waals surface area contributed by atoms with Crippen LogP contribution in [0.5, 0.6) is 5.75 Å². The summed E-state index contributed by atoms with van der Waals surface area (Å²) in [5.74, 6) is 1.32. The predicted molar refractivity (Wildman–Crippen MR) is 101 cm³/mol. The van der Waals surface area contributed by atoms with E-state index in [1.165, 1.54) is 0 Å². The Labute approximate surface area is 158 Å². The number of carbonyl (C=O) groups excluding carboxylic acids is 2. The van der Waals surface area contributed by atoms with E-state index >= 15 is 0 Å². The van der Waals surface area contributed by atoms with Crippen LogP contribution in [-0.2, 0) is 9.59 Å². The van der Waals surface area contributed by atoms with Crippen molar-refractivity contribution < 1.29 is 18.8 Å². The lowest BCUT2D eigenvalue weighted by Gasteiger charge is -2.22. The lowest BCUT2D eigenvalue weighted by atomic mass is 10.1. The molecule has 0 bridgehead atoms. The molecule has 2 aromatic rings. The van der Waals surface area contributed by atoms with Crippen molar-refractivity contribution in [2.45, 2.75) is 32.7 Å². The molecule has 1 atom stereocenters. The van der Waals surface area contributed by atoms with Crippen LogP contribution < -0.4 is 10.1 Å². The Kier molecular flexibility index (Phi) is 5.59. The maximum Gasteiger partial charge on any atom is 0.248 e. The highest BCUT2D eigenvalue weighted by Crippen LogP contribution is 2.22. The van der Waals surface area contributed by atoms with E-state index in [4.69, 9.17) is 9.26 Å². The van der Waals surface area contributed by atoms with Crippen molar-refractivity contribution in [3.8, 4) is 5.75 Å². The molecule has 0 spiro atoms. The molecule has 2 heterocycles. The molecule has 7 heteroatoms. The topological polar surface area (TPSA) is 84.7 Å². The molecule has 1 aromatic heterocycles. The van der Waals surface area contributed by atoms with E-state index < -0.39 is 6.04 Å². The number of aryl methyl sites for hydroxylation is 1. The number of likely N-dealkylation sites (tertiary alicyclic amines) is 1. The first kappa shape index (κ1) is 18.7. The van der Waals surface area contributed by atoms with Crippen molar-refractivity contribution in [3.05, 3.63) is 47.7 Å². The molecule has 0 saturated carbocycles. The van der Waals surface area contributed by atoms with E-state index in [0.717, 1.165) is 23.3 Å². The quantitative estimate of drug-likeness (QED) is 0.819. The second kappa shape index (κ2) is 8.07. The van der Waals surface area contributed by atoms with Crippen LogP contribution in [0.2, 0.25) is 0 Å². The predicted octanol–water partition coefficient (Wildman–Crippen LogP) is 3.02. The number of benzene rings is 1. The smallest absolute Gasteiger partial charge is 0.248 e. The van der Waals surface area contributed by atoms with Crippen LogP contribution in [0, 0.1) is 6.92 Å². The van der Waals surface area contributed by atoms with Gasteiger partial charge in [-0.3, -0.25) is 9.59 Å². The third-order valence-corrected chi connectivity index (χ3v) is 4.60. The molecular weight excluding hydrogens is 346 g/mol. The van der Waals surface area contributed by atoms with Gasteiger partial charge in [0.05, 0.1) is 7.11 Å². The number of ether oxygens (including phenoxy) is 1. The molecule has 3 rings (SSSR count). The van der Waals surface area contributed by atoms with Crippen LogP contribution in [0.1, 0.15) is 31.1 Å². The van der Waals surface area contributed by atoms with Crippen molar-refractivity contribution >= 4 is 23.2 Å². The fourth-order valence-electron chi connectivity index (χ4n) is 3.14. The van der Waals surface area contributed by atoms with Crippen molar-refractivity contribution in [2.24, 2.45) is 0 Å². The molecule has 1 fully saturated rings. The lowest BCUT2D eigenvalue weighted by Crippen LogP contribution is -2.42. The number of allylic oxidation sites excluding steroid dienone is 1. The third-order valence-electron chi connectivity index (χ3n) is 4.60. The number of carbonyl (C=O) groups is 2. The largest absolute Gasteiger partial charge is 0.497 e. The molecular formula is C20H23N3O4. The van der Waals surface area contributed by atoms with Crippen LogP contribution in [0.3, 0.4) is 0 Å². The summed E-state index contributed by atoms with van der Waals surface area (Å²) in [4.78, 5) is 26.9. The Bertz CT molecular complexity index is 854. The van der Waals surface area contributed by atoms with Gasteiger partial charge in [0, 0.05) is 18.7 Å². The van der Waals surface area contributed by atoms with E-state index in [-0.39, 0.29) is 11.8 Å². The number of nitrogens with one attached hydrogen (secondary N) is 1. The molecule has 2 amide bonds. The number of hydrogen-bond acceptors (Lipinski definition) is 5. The van der Waals surface area contributed by atoms with E-state index in [0.29, 0.717) is 24.5 Å². The molecule has 0 aliphatic carbocycles. The van der Waals surface area contributed by atoms with Gasteiger partial charge >= 0.3 is 0 Å². The zero-order chi connectivity index (χ0) is 19.4. The van der Waals surface area contributed by atoms with Gasteiger partial charge in [-0.1, -0.05) is 17.3 Å². The van der Waals surface area contributed by atoms with Crippen LogP contribution >= 0.6 is 0 Å². The van der Waals surface area contributed by atoms with Gasteiger partial charge in [0.2, 0.25) is 11.8 Å². The summed E-state index contributed by atoms with van der Waals surface area (Å²) in [6.45, 7) is 4.19. The highest BCUT2D eigenvalue weighted by molar-refractivity contribution is 6.01. The van der Waals surface area contributed by atoms with Gasteiger partial charge < -0.3 is 19.5 Å². The Morgan fingerprint density at radius 3 is 2.70 bits per heavy atom. The number of aromatic nitrogens is 1. The second-order valence-corrected chi connectivity index (χ2v) is 6.56. The highest BCUT2D eigenvalue weighted by Gasteiger charge is 2.33. The summed E-state index contributed by atoms with van der Waals surface area (Å²) in [5.41, 5.74) is 1.77. The molecule has 27 heavy (non-hydrogen) atoms. The maximum absolute atomic E-state index is 12.7. The van der Waals surface area contributed by atoms with E-state index in [1.807, 2.05) is 31.2 Å². The van der Waals surface area contributed by atoms with Gasteiger partial charge in [-0.25, -0.2) is 0 Å². The normalized spacial score (nSPS) is 17.1. The molecule has 1 aliphatic heterocycles. The molecule has 1 aliphatic rings. The zero-order valence-electron chi connectivity index (χ0n) is 15.7. The number of rotatable bonds is 5. The van der Waals surface area contributed by atoms with Gasteiger partial charge in [0.15, 0.2) is 5.82 Å². The van der Waals surface area contributed by atoms with Gasteiger partial charge in [-0.15, -0.1) is 0 Å². The van der Waals surface area contributed by atoms with Crippen LogP contribution in [0.25, 0.3) is 5.57 Å². The highest BCUT2D eigenvalue weighted by atomic mass is 16.5. The van der Waals surface area contributed by atoms with Gasteiger partial charge in [-0.2, -0.15) is 0 Å². The molecule has 1 N–H and O–H groups in total. The van der Waals surface area contributed by atoms with Crippen LogP contribution in [-0.4, -0.2) is 41.6 Å². The van der Waals surface area contributed by atoms with Crippen molar-refractivity contribution in [2.75, 3.05) is 19.0 Å². The van der Waals surface area contributed by atoms with Crippen LogP contribution in [0.4, 0.5) is 5.82 Å². The van der Waals surface area contributed by atoms with Crippen LogP contribution in [0.15, 0.2) is 40.9 Å². The maximum atomic E-state index is 12.7. The van der Waals surface area contributed by atoms with E-state index in [2.05, 4.69) is 10.5 Å². The first-order valence-corrected chi connectivity index (χ1v) is 8.85. The molecule has 1 saturated heterocycles. The minimum Gasteiger partial charge on any atom is -0.497 e. The van der Waals surface area contributed by atoms with Gasteiger partial charge in [-0.05, 0) is 50.0 Å². The lowest BCUT2D eigenvalue weighted by molar-refractivity contribution is -0.132. The number of anilines is 1. The van der Waals surface area contributed by atoms with Crippen molar-refractivity contribution in [1.82, 2.24) is 10.1 Å². The summed E-state index contributed by atoms with van der Waals surface area (Å²) in [5, 5.41) is 6.48. The third kappa shape index (κ3) is 4.36. The zero-order valence-corrected chi connectivity index (χ0v) is 15.7. The minimum atomic E-state index is -0.505. The summed E-state index contributed by atoms with van der Waals surface area (Å²) in [6, 6.07) is 8.64. The Morgan fingerprint density at radius 2 is 2.07 bits per heavy atom. The Morgan fingerprint density at radius 1 is 1.33 bits per heavy atom. The molecule has 142 valence electrons. The molecule has 0 radical (unpaired) electrons. The Balaban J connectivity index is 1.69. The summed E-state index contributed by atoms with van der Waals surface area (Å²) in [6.07, 6.45) is 2.99. The molecule has 1 aromatic carbocycles. The summed E-state index contributed by atoms with van der Waals surface area (Å²) in [7, 11) is 1.61. The first-order valence-electron chi connectivity index (χ1n) is 8.85. The number of methoxy groups -OCH3 is 1. The Hall–Kier alpha value is -3.09. The fourth-order valence-corrected chi connectivity index (χ4v) is 3.14. The SMILES string of the molecule is COc1ccc(/C(C)=C/C(=O)N2CCC[C@@H]2C(=O)Nc2cc(C)on2)cc1. The van der Waals surface area contributed by atoms with E-state index in [9.17, 15) is 9.59 Å². The minimum absolute atomic E-state index is 0.169. The summed E-state index contributed by atoms with van der Waals surface area (Å²) < 4.78 is 10.1. The number of hydrogen-bond donors (Lipinski definition) is 1. The average molecular weight is 369 g/mol. The van der Waals surface area contributed by atoms with Gasteiger partial charge in [0.1, 0.15) is 17.6 Å². The first-order chi connectivity index (χ1) is 13.0. The number of amides is 2. The standard InChI is InChI=1S/C20H23N3O4/c1-13(15-6-8-16(26-3)9-7-15)11-19(24)23-10-4-5-17(23)20(25)21-18-12-14(2)27-22-18/h6-9,11-12,17H,4-5,10H2,1-3H3,(H,21,22,25)/b13-11+/t17-/m1/s1. The summed E-state index contributed by atoms with van der Waals surface area (Å²) >= 11 is 0. The molecule has 7 nitrogen and oxygen atoms in total.